The number of carbonyl (C=O) groups is 1. The molecule has 4 heterocycles. The van der Waals surface area contributed by atoms with E-state index >= 15 is 0 Å². The number of rotatable bonds is 6. The molecule has 0 amide bonds. The van der Waals surface area contributed by atoms with E-state index in [2.05, 4.69) is 4.98 Å². The molecular formula is C22H24N4O4S3. The monoisotopic (exact) mass is 504 g/mol. The van der Waals surface area contributed by atoms with Crippen LogP contribution in [0.25, 0.3) is 10.9 Å². The number of nitrogens with zero attached hydrogens (tertiary/aromatic N) is 3. The third-order valence-electron chi connectivity index (χ3n) is 6.26. The number of carboxylic acid groups (broad SMARTS) is 1. The van der Waals surface area contributed by atoms with E-state index in [9.17, 15) is 13.2 Å². The Morgan fingerprint density at radius 3 is 2.76 bits per heavy atom. The van der Waals surface area contributed by atoms with Crippen molar-refractivity contribution in [3.63, 3.8) is 0 Å². The number of nitrogens with one attached hydrogen (secondary N) is 1. The fourth-order valence-electron chi connectivity index (χ4n) is 4.39. The Labute approximate surface area is 200 Å². The smallest absolute Gasteiger partial charge is 0.317 e. The van der Waals surface area contributed by atoms with Crippen LogP contribution in [0.15, 0.2) is 51.0 Å². The summed E-state index contributed by atoms with van der Waals surface area (Å²) in [5.74, 6) is -0.790. The molecule has 33 heavy (non-hydrogen) atoms. The summed E-state index contributed by atoms with van der Waals surface area (Å²) in [5.41, 5.74) is 2.23. The highest BCUT2D eigenvalue weighted by Gasteiger charge is 2.41. The molecule has 5 rings (SSSR count). The molecule has 2 aliphatic rings. The lowest BCUT2D eigenvalue weighted by Gasteiger charge is -2.37. The number of hydrogen-bond acceptors (Lipinski definition) is 7. The summed E-state index contributed by atoms with van der Waals surface area (Å²) >= 11 is 2.96. The lowest BCUT2D eigenvalue weighted by Crippen LogP contribution is -2.44. The molecule has 3 aromatic rings. The van der Waals surface area contributed by atoms with Gasteiger partial charge in [-0.1, -0.05) is 30.0 Å². The number of fused-ring (bicyclic) bond motifs is 1. The molecule has 0 aliphatic carbocycles. The number of anilines is 1. The minimum Gasteiger partial charge on any atom is -0.480 e. The zero-order valence-electron chi connectivity index (χ0n) is 18.0. The summed E-state index contributed by atoms with van der Waals surface area (Å²) < 4.78 is 27.7. The van der Waals surface area contributed by atoms with Gasteiger partial charge in [-0.25, -0.2) is 8.42 Å². The number of aliphatic carboxylic acids is 1. The van der Waals surface area contributed by atoms with Crippen LogP contribution in [0.4, 0.5) is 5.69 Å². The van der Waals surface area contributed by atoms with Crippen LogP contribution in [-0.4, -0.2) is 72.4 Å². The highest BCUT2D eigenvalue weighted by Crippen LogP contribution is 2.43. The first-order valence-corrected chi connectivity index (χ1v) is 13.7. The average Bonchev–Trinajstić information content (AvgIpc) is 3.54. The first-order chi connectivity index (χ1) is 15.8. The van der Waals surface area contributed by atoms with Gasteiger partial charge in [0.2, 0.25) is 0 Å². The molecule has 1 fully saturated rings. The normalized spacial score (nSPS) is 18.6. The van der Waals surface area contributed by atoms with Crippen molar-refractivity contribution in [2.24, 2.45) is 4.99 Å². The van der Waals surface area contributed by atoms with Crippen molar-refractivity contribution in [3.8, 4) is 0 Å². The number of H-pyrrole nitrogens is 1. The standard InChI is InChI=1S/C22H24N4O4S3/c1-25(33(29,30)19-6-3-11-31-19)17-5-2-4-15-12-16(24-20(15)17)21-23-14-22(32-21)7-9-26(10-8-22)13-18(27)28/h2-6,11-12,24H,7-10,13-14H2,1H3,(H,27,28). The number of thioether (sulfide) groups is 1. The van der Waals surface area contributed by atoms with Crippen LogP contribution in [-0.2, 0) is 14.8 Å². The number of carboxylic acids is 1. The zero-order chi connectivity index (χ0) is 23.2. The van der Waals surface area contributed by atoms with Crippen LogP contribution in [0.3, 0.4) is 0 Å². The molecule has 11 heteroatoms. The second-order valence-corrected chi connectivity index (χ2v) is 13.0. The summed E-state index contributed by atoms with van der Waals surface area (Å²) in [6.07, 6.45) is 1.79. The first kappa shape index (κ1) is 22.5. The summed E-state index contributed by atoms with van der Waals surface area (Å²) in [6.45, 7) is 2.30. The molecule has 1 spiro atoms. The van der Waals surface area contributed by atoms with Crippen LogP contribution < -0.4 is 4.31 Å². The molecule has 0 saturated carbocycles. The van der Waals surface area contributed by atoms with Crippen molar-refractivity contribution in [3.05, 3.63) is 47.5 Å². The molecule has 0 atom stereocenters. The van der Waals surface area contributed by atoms with E-state index in [1.807, 2.05) is 23.1 Å². The van der Waals surface area contributed by atoms with Crippen molar-refractivity contribution >= 4 is 60.7 Å². The first-order valence-electron chi connectivity index (χ1n) is 10.6. The fourth-order valence-corrected chi connectivity index (χ4v) is 8.03. The summed E-state index contributed by atoms with van der Waals surface area (Å²) in [5, 5.41) is 12.6. The number of likely N-dealkylation sites (tertiary alicyclic amines) is 1. The Hall–Kier alpha value is -2.34. The topological polar surface area (TPSA) is 106 Å². The van der Waals surface area contributed by atoms with Gasteiger partial charge in [-0.2, -0.15) is 0 Å². The Morgan fingerprint density at radius 1 is 1.27 bits per heavy atom. The minimum absolute atomic E-state index is 0.00373. The van der Waals surface area contributed by atoms with Gasteiger partial charge in [0.05, 0.1) is 30.0 Å². The van der Waals surface area contributed by atoms with Crippen molar-refractivity contribution in [1.29, 1.82) is 0 Å². The number of aromatic amines is 1. The van der Waals surface area contributed by atoms with Crippen molar-refractivity contribution in [1.82, 2.24) is 9.88 Å². The molecule has 2 aliphatic heterocycles. The molecule has 2 aromatic heterocycles. The molecular weight excluding hydrogens is 480 g/mol. The largest absolute Gasteiger partial charge is 0.480 e. The molecule has 8 nitrogen and oxygen atoms in total. The Bertz CT molecular complexity index is 1320. The number of benzene rings is 1. The van der Waals surface area contributed by atoms with Gasteiger partial charge in [-0.3, -0.25) is 19.0 Å². The maximum absolute atomic E-state index is 13.1. The van der Waals surface area contributed by atoms with Crippen LogP contribution in [0.2, 0.25) is 0 Å². The number of sulfonamides is 1. The average molecular weight is 505 g/mol. The Balaban J connectivity index is 1.38. The van der Waals surface area contributed by atoms with Gasteiger partial charge >= 0.3 is 5.97 Å². The minimum atomic E-state index is -3.64. The molecule has 174 valence electrons. The summed E-state index contributed by atoms with van der Waals surface area (Å²) in [7, 11) is -2.06. The number of para-hydroxylation sites is 1. The van der Waals surface area contributed by atoms with Crippen LogP contribution in [0.1, 0.15) is 18.5 Å². The lowest BCUT2D eigenvalue weighted by molar-refractivity contribution is -0.138. The molecule has 0 bridgehead atoms. The molecule has 1 saturated heterocycles. The highest BCUT2D eigenvalue weighted by molar-refractivity contribution is 8.15. The number of aliphatic imine (C=N–C) groups is 1. The Morgan fingerprint density at radius 2 is 2.06 bits per heavy atom. The van der Waals surface area contributed by atoms with Crippen LogP contribution in [0.5, 0.6) is 0 Å². The van der Waals surface area contributed by atoms with E-state index in [-0.39, 0.29) is 11.3 Å². The van der Waals surface area contributed by atoms with Gasteiger partial charge in [-0.05, 0) is 36.4 Å². The maximum Gasteiger partial charge on any atom is 0.317 e. The van der Waals surface area contributed by atoms with E-state index < -0.39 is 16.0 Å². The van der Waals surface area contributed by atoms with E-state index in [1.165, 1.54) is 15.6 Å². The number of thiophene rings is 1. The van der Waals surface area contributed by atoms with Crippen molar-refractivity contribution < 1.29 is 18.3 Å². The van der Waals surface area contributed by atoms with Crippen LogP contribution in [0, 0.1) is 0 Å². The van der Waals surface area contributed by atoms with Gasteiger partial charge in [0.1, 0.15) is 9.25 Å². The molecule has 0 radical (unpaired) electrons. The van der Waals surface area contributed by atoms with E-state index in [1.54, 1.807) is 42.4 Å². The maximum atomic E-state index is 13.1. The number of piperidine rings is 1. The van der Waals surface area contributed by atoms with Crippen molar-refractivity contribution in [2.45, 2.75) is 21.8 Å². The second-order valence-electron chi connectivity index (χ2n) is 8.41. The highest BCUT2D eigenvalue weighted by atomic mass is 32.2. The predicted octanol–water partition coefficient (Wildman–Crippen LogP) is 3.47. The van der Waals surface area contributed by atoms with Gasteiger partial charge < -0.3 is 10.1 Å². The number of aromatic nitrogens is 1. The third kappa shape index (κ3) is 4.18. The fraction of sp³-hybridized carbons (Fsp3) is 0.364. The quantitative estimate of drug-likeness (QED) is 0.533. The summed E-state index contributed by atoms with van der Waals surface area (Å²) in [4.78, 5) is 21.2. The second kappa shape index (κ2) is 8.46. The SMILES string of the molecule is CN(c1cccc2cc(C3=NCC4(CCN(CC(=O)O)CC4)S3)[nH]c12)S(=O)(=O)c1cccs1. The molecule has 1 aromatic carbocycles. The Kier molecular flexibility index (Phi) is 5.76. The van der Waals surface area contributed by atoms with E-state index in [0.29, 0.717) is 16.4 Å². The van der Waals surface area contributed by atoms with Gasteiger partial charge in [-0.15, -0.1) is 11.3 Å². The third-order valence-corrected chi connectivity index (χ3v) is 10.9. The van der Waals surface area contributed by atoms with E-state index in [0.717, 1.165) is 47.6 Å². The van der Waals surface area contributed by atoms with Gasteiger partial charge in [0, 0.05) is 30.3 Å². The van der Waals surface area contributed by atoms with Crippen LogP contribution >= 0.6 is 23.1 Å². The molecule has 2 N–H and O–H groups in total. The van der Waals surface area contributed by atoms with Gasteiger partial charge in [0.25, 0.3) is 10.0 Å². The molecule has 0 unspecified atom stereocenters. The van der Waals surface area contributed by atoms with Gasteiger partial charge in [0.15, 0.2) is 0 Å². The zero-order valence-corrected chi connectivity index (χ0v) is 20.5. The predicted molar refractivity (Wildman–Crippen MR) is 133 cm³/mol. The summed E-state index contributed by atoms with van der Waals surface area (Å²) in [6, 6.07) is 11.0. The lowest BCUT2D eigenvalue weighted by atomic mass is 9.96. The number of hydrogen-bond donors (Lipinski definition) is 2. The van der Waals surface area contributed by atoms with E-state index in [4.69, 9.17) is 10.1 Å². The van der Waals surface area contributed by atoms with Crippen molar-refractivity contribution in [2.75, 3.05) is 37.5 Å².